The Morgan fingerprint density at radius 2 is 1.96 bits per heavy atom. The van der Waals surface area contributed by atoms with Crippen molar-refractivity contribution in [1.29, 1.82) is 0 Å². The van der Waals surface area contributed by atoms with Crippen LogP contribution in [0.4, 0.5) is 8.78 Å². The Bertz CT molecular complexity index is 527. The van der Waals surface area contributed by atoms with Gasteiger partial charge < -0.3 is 15.0 Å². The number of hydrogen-bond acceptors (Lipinski definition) is 3. The molecule has 0 aromatic heterocycles. The van der Waals surface area contributed by atoms with Crippen LogP contribution in [0.2, 0.25) is 0 Å². The number of amides is 1. The molecule has 2 atom stereocenters. The molecule has 128 valence electrons. The first-order valence-electron chi connectivity index (χ1n) is 7.89. The molecule has 1 fully saturated rings. The first-order chi connectivity index (χ1) is 10.9. The second-order valence-electron chi connectivity index (χ2n) is 6.28. The van der Waals surface area contributed by atoms with Crippen LogP contribution in [0.3, 0.4) is 0 Å². The van der Waals surface area contributed by atoms with Gasteiger partial charge in [-0.3, -0.25) is 4.79 Å². The van der Waals surface area contributed by atoms with Crippen molar-refractivity contribution in [2.75, 3.05) is 27.2 Å². The summed E-state index contributed by atoms with van der Waals surface area (Å²) in [4.78, 5) is 13.7. The second-order valence-corrected chi connectivity index (χ2v) is 6.28. The Hall–Kier alpha value is -1.53. The molecular weight excluding hydrogens is 302 g/mol. The van der Waals surface area contributed by atoms with Crippen LogP contribution < -0.4 is 5.32 Å². The van der Waals surface area contributed by atoms with Gasteiger partial charge in [-0.2, -0.15) is 0 Å². The summed E-state index contributed by atoms with van der Waals surface area (Å²) in [6.45, 7) is 2.39. The lowest BCUT2D eigenvalue weighted by Gasteiger charge is -2.26. The minimum Gasteiger partial charge on any atom is -0.368 e. The number of ether oxygens (including phenoxy) is 1. The average molecular weight is 326 g/mol. The number of likely N-dealkylation sites (N-methyl/N-ethyl adjacent to an activating group) is 1. The molecule has 1 aliphatic carbocycles. The molecule has 4 nitrogen and oxygen atoms in total. The molecule has 23 heavy (non-hydrogen) atoms. The van der Waals surface area contributed by atoms with Crippen molar-refractivity contribution < 1.29 is 18.3 Å². The molecule has 1 N–H and O–H groups in total. The largest absolute Gasteiger partial charge is 0.368 e. The van der Waals surface area contributed by atoms with E-state index in [9.17, 15) is 13.6 Å². The van der Waals surface area contributed by atoms with E-state index in [1.54, 1.807) is 25.9 Å². The molecule has 0 spiro atoms. The lowest BCUT2D eigenvalue weighted by atomic mass is 10.0. The van der Waals surface area contributed by atoms with Crippen LogP contribution in [0.5, 0.6) is 0 Å². The van der Waals surface area contributed by atoms with Crippen molar-refractivity contribution >= 4 is 5.91 Å². The zero-order valence-corrected chi connectivity index (χ0v) is 13.8. The van der Waals surface area contributed by atoms with Gasteiger partial charge in [-0.05, 0) is 51.9 Å². The fraction of sp³-hybridized carbons (Fsp3) is 0.588. The van der Waals surface area contributed by atoms with Crippen molar-refractivity contribution in [2.24, 2.45) is 5.92 Å². The predicted molar refractivity (Wildman–Crippen MR) is 83.9 cm³/mol. The van der Waals surface area contributed by atoms with Crippen molar-refractivity contribution in [2.45, 2.75) is 31.9 Å². The smallest absolute Gasteiger partial charge is 0.248 e. The van der Waals surface area contributed by atoms with Crippen molar-refractivity contribution in [1.82, 2.24) is 10.2 Å². The van der Waals surface area contributed by atoms with E-state index < -0.39 is 23.8 Å². The van der Waals surface area contributed by atoms with Gasteiger partial charge in [0.05, 0.1) is 12.6 Å². The fourth-order valence-electron chi connectivity index (χ4n) is 2.35. The number of benzene rings is 1. The average Bonchev–Trinajstić information content (AvgIpc) is 3.31. The number of nitrogens with one attached hydrogen (secondary N) is 1. The quantitative estimate of drug-likeness (QED) is 0.798. The predicted octanol–water partition coefficient (Wildman–Crippen LogP) is 2.50. The molecule has 1 saturated carbocycles. The van der Waals surface area contributed by atoms with E-state index in [0.29, 0.717) is 12.5 Å². The van der Waals surface area contributed by atoms with Crippen LogP contribution in [-0.2, 0) is 9.53 Å². The first-order valence-corrected chi connectivity index (χ1v) is 7.89. The Labute approximate surface area is 135 Å². The van der Waals surface area contributed by atoms with Gasteiger partial charge in [0.25, 0.3) is 0 Å². The van der Waals surface area contributed by atoms with Gasteiger partial charge in [-0.1, -0.05) is 6.07 Å². The molecule has 0 radical (unpaired) electrons. The number of rotatable bonds is 8. The minimum atomic E-state index is -0.615. The summed E-state index contributed by atoms with van der Waals surface area (Å²) in [5, 5.41) is 2.72. The minimum absolute atomic E-state index is 0.0376. The standard InChI is InChI=1S/C17H24F2N2O2/c1-11(23-10-12-7-8-12)17(22)20-9-15(21(2)3)16-13(18)5-4-6-14(16)19/h4-6,11-12,15H,7-10H2,1-3H3,(H,20,22). The van der Waals surface area contributed by atoms with E-state index in [4.69, 9.17) is 4.74 Å². The molecule has 0 bridgehead atoms. The third kappa shape index (κ3) is 4.97. The van der Waals surface area contributed by atoms with Crippen molar-refractivity contribution in [3.8, 4) is 0 Å². The highest BCUT2D eigenvalue weighted by molar-refractivity contribution is 5.80. The molecule has 1 aromatic carbocycles. The summed E-state index contributed by atoms with van der Waals surface area (Å²) < 4.78 is 33.4. The molecule has 2 rings (SSSR count). The highest BCUT2D eigenvalue weighted by Gasteiger charge is 2.26. The molecule has 0 aliphatic heterocycles. The molecule has 6 heteroatoms. The summed E-state index contributed by atoms with van der Waals surface area (Å²) in [6, 6.07) is 3.18. The zero-order chi connectivity index (χ0) is 17.0. The van der Waals surface area contributed by atoms with Crippen LogP contribution in [-0.4, -0.2) is 44.2 Å². The summed E-state index contributed by atoms with van der Waals surface area (Å²) in [6.07, 6.45) is 1.75. The summed E-state index contributed by atoms with van der Waals surface area (Å²) in [7, 11) is 3.44. The molecular formula is C17H24F2N2O2. The van der Waals surface area contributed by atoms with E-state index in [1.807, 2.05) is 0 Å². The number of halogens is 2. The molecule has 0 heterocycles. The highest BCUT2D eigenvalue weighted by Crippen LogP contribution is 2.29. The number of nitrogens with zero attached hydrogens (tertiary/aromatic N) is 1. The molecule has 1 aliphatic rings. The highest BCUT2D eigenvalue weighted by atomic mass is 19.1. The van der Waals surface area contributed by atoms with Gasteiger partial charge >= 0.3 is 0 Å². The Morgan fingerprint density at radius 1 is 1.35 bits per heavy atom. The lowest BCUT2D eigenvalue weighted by Crippen LogP contribution is -2.40. The normalized spacial score (nSPS) is 17.1. The van der Waals surface area contributed by atoms with Crippen LogP contribution in [0.15, 0.2) is 18.2 Å². The van der Waals surface area contributed by atoms with E-state index >= 15 is 0 Å². The fourth-order valence-corrected chi connectivity index (χ4v) is 2.35. The van der Waals surface area contributed by atoms with E-state index in [-0.39, 0.29) is 18.0 Å². The monoisotopic (exact) mass is 326 g/mol. The van der Waals surface area contributed by atoms with Gasteiger partial charge in [-0.25, -0.2) is 8.78 Å². The second kappa shape index (κ2) is 7.84. The maximum absolute atomic E-state index is 14.0. The molecule has 0 saturated heterocycles. The zero-order valence-electron chi connectivity index (χ0n) is 13.8. The van der Waals surface area contributed by atoms with Crippen LogP contribution in [0, 0.1) is 17.6 Å². The third-order valence-electron chi connectivity index (χ3n) is 4.07. The van der Waals surface area contributed by atoms with Gasteiger partial charge in [-0.15, -0.1) is 0 Å². The topological polar surface area (TPSA) is 41.6 Å². The van der Waals surface area contributed by atoms with Crippen LogP contribution in [0.25, 0.3) is 0 Å². The number of carbonyl (C=O) groups excluding carboxylic acids is 1. The Kier molecular flexibility index (Phi) is 6.07. The van der Waals surface area contributed by atoms with Crippen LogP contribution >= 0.6 is 0 Å². The molecule has 1 aromatic rings. The van der Waals surface area contributed by atoms with Crippen molar-refractivity contribution in [3.63, 3.8) is 0 Å². The SMILES string of the molecule is CC(OCC1CC1)C(=O)NCC(c1c(F)cccc1F)N(C)C. The maximum Gasteiger partial charge on any atom is 0.248 e. The molecule has 2 unspecified atom stereocenters. The van der Waals surface area contributed by atoms with Gasteiger partial charge in [0.2, 0.25) is 5.91 Å². The number of carbonyl (C=O) groups is 1. The van der Waals surface area contributed by atoms with Gasteiger partial charge in [0.1, 0.15) is 17.7 Å². The first kappa shape index (κ1) is 17.8. The van der Waals surface area contributed by atoms with Gasteiger partial charge in [0.15, 0.2) is 0 Å². The van der Waals surface area contributed by atoms with E-state index in [1.165, 1.54) is 18.2 Å². The lowest BCUT2D eigenvalue weighted by molar-refractivity contribution is -0.132. The van der Waals surface area contributed by atoms with Crippen LogP contribution in [0.1, 0.15) is 31.4 Å². The Balaban J connectivity index is 1.95. The summed E-state index contributed by atoms with van der Waals surface area (Å²) >= 11 is 0. The maximum atomic E-state index is 14.0. The summed E-state index contributed by atoms with van der Waals surface area (Å²) in [5.41, 5.74) is -0.0376. The van der Waals surface area contributed by atoms with Gasteiger partial charge in [0, 0.05) is 12.1 Å². The summed E-state index contributed by atoms with van der Waals surface area (Å²) in [5.74, 6) is -0.923. The Morgan fingerprint density at radius 3 is 2.48 bits per heavy atom. The number of hydrogen-bond donors (Lipinski definition) is 1. The third-order valence-corrected chi connectivity index (χ3v) is 4.07. The molecule has 1 amide bonds. The van der Waals surface area contributed by atoms with E-state index in [0.717, 1.165) is 12.8 Å². The van der Waals surface area contributed by atoms with E-state index in [2.05, 4.69) is 5.32 Å². The van der Waals surface area contributed by atoms with Crippen molar-refractivity contribution in [3.05, 3.63) is 35.4 Å².